The summed E-state index contributed by atoms with van der Waals surface area (Å²) in [6, 6.07) is 5.63. The molecular formula is C14H13ClFN5. The third kappa shape index (κ3) is 2.67. The van der Waals surface area contributed by atoms with Crippen LogP contribution < -0.4 is 5.32 Å². The van der Waals surface area contributed by atoms with Crippen LogP contribution in [0.2, 0.25) is 5.02 Å². The topological polar surface area (TPSA) is 55.6 Å². The highest BCUT2D eigenvalue weighted by molar-refractivity contribution is 6.30. The minimum atomic E-state index is -0.776. The van der Waals surface area contributed by atoms with E-state index in [1.165, 1.54) is 0 Å². The summed E-state index contributed by atoms with van der Waals surface area (Å²) in [5.74, 6) is 0.382. The zero-order chi connectivity index (χ0) is 15.0. The quantitative estimate of drug-likeness (QED) is 0.756. The number of nitrogens with zero attached hydrogens (tertiary/aromatic N) is 4. The molecule has 0 radical (unpaired) electrons. The number of imidazole rings is 1. The van der Waals surface area contributed by atoms with E-state index in [2.05, 4.69) is 20.3 Å². The summed E-state index contributed by atoms with van der Waals surface area (Å²) in [6.07, 6.45) is 0.804. The summed E-state index contributed by atoms with van der Waals surface area (Å²) in [7, 11) is 1.76. The molecule has 7 heteroatoms. The number of nitrogens with one attached hydrogen (secondary N) is 1. The second-order valence-electron chi connectivity index (χ2n) is 4.79. The fraction of sp³-hybridized carbons (Fsp3) is 0.214. The first-order chi connectivity index (χ1) is 10.0. The van der Waals surface area contributed by atoms with Crippen LogP contribution in [-0.2, 0) is 13.6 Å². The van der Waals surface area contributed by atoms with E-state index in [0.29, 0.717) is 28.5 Å². The molecule has 2 aromatic heterocycles. The SMILES string of the molecule is Cc1cc(Cl)ccc1CNc1nc(F)nc2c1ncn2C. The predicted molar refractivity (Wildman–Crippen MR) is 79.8 cm³/mol. The number of hydrogen-bond donors (Lipinski definition) is 1. The van der Waals surface area contributed by atoms with Gasteiger partial charge in [-0.2, -0.15) is 14.4 Å². The molecular weight excluding hydrogens is 293 g/mol. The maximum Gasteiger partial charge on any atom is 0.312 e. The summed E-state index contributed by atoms with van der Waals surface area (Å²) < 4.78 is 15.1. The molecule has 0 aliphatic carbocycles. The smallest absolute Gasteiger partial charge is 0.312 e. The molecule has 0 aliphatic rings. The molecule has 0 aliphatic heterocycles. The van der Waals surface area contributed by atoms with Crippen molar-refractivity contribution in [2.24, 2.45) is 7.05 Å². The van der Waals surface area contributed by atoms with Crippen molar-refractivity contribution in [2.45, 2.75) is 13.5 Å². The molecule has 0 unspecified atom stereocenters. The zero-order valence-corrected chi connectivity index (χ0v) is 12.3. The van der Waals surface area contributed by atoms with Crippen LogP contribution >= 0.6 is 11.6 Å². The molecule has 3 aromatic rings. The van der Waals surface area contributed by atoms with E-state index >= 15 is 0 Å². The second-order valence-corrected chi connectivity index (χ2v) is 5.23. The van der Waals surface area contributed by atoms with Crippen LogP contribution in [-0.4, -0.2) is 19.5 Å². The van der Waals surface area contributed by atoms with Crippen molar-refractivity contribution >= 4 is 28.6 Å². The Morgan fingerprint density at radius 2 is 2.14 bits per heavy atom. The Bertz CT molecular complexity index is 814. The number of aryl methyl sites for hydroxylation is 2. The van der Waals surface area contributed by atoms with Crippen molar-refractivity contribution in [1.29, 1.82) is 0 Å². The highest BCUT2D eigenvalue weighted by Crippen LogP contribution is 2.20. The summed E-state index contributed by atoms with van der Waals surface area (Å²) in [5.41, 5.74) is 3.12. The van der Waals surface area contributed by atoms with Gasteiger partial charge in [-0.15, -0.1) is 0 Å². The van der Waals surface area contributed by atoms with Gasteiger partial charge in [0.25, 0.3) is 0 Å². The first-order valence-corrected chi connectivity index (χ1v) is 6.76. The molecule has 3 rings (SSSR count). The van der Waals surface area contributed by atoms with Crippen LogP contribution in [0.4, 0.5) is 10.2 Å². The minimum Gasteiger partial charge on any atom is -0.364 e. The molecule has 108 valence electrons. The third-order valence-corrected chi connectivity index (χ3v) is 3.52. The van der Waals surface area contributed by atoms with E-state index in [9.17, 15) is 4.39 Å². The van der Waals surface area contributed by atoms with E-state index in [1.807, 2.05) is 25.1 Å². The molecule has 0 fully saturated rings. The van der Waals surface area contributed by atoms with Crippen molar-refractivity contribution in [1.82, 2.24) is 19.5 Å². The van der Waals surface area contributed by atoms with E-state index in [4.69, 9.17) is 11.6 Å². The van der Waals surface area contributed by atoms with Gasteiger partial charge in [0.1, 0.15) is 0 Å². The summed E-state index contributed by atoms with van der Waals surface area (Å²) in [6.45, 7) is 2.48. The van der Waals surface area contributed by atoms with Crippen molar-refractivity contribution < 1.29 is 4.39 Å². The number of fused-ring (bicyclic) bond motifs is 1. The van der Waals surface area contributed by atoms with E-state index < -0.39 is 6.08 Å². The van der Waals surface area contributed by atoms with Gasteiger partial charge in [0, 0.05) is 18.6 Å². The van der Waals surface area contributed by atoms with Crippen molar-refractivity contribution in [3.05, 3.63) is 46.8 Å². The van der Waals surface area contributed by atoms with Gasteiger partial charge >= 0.3 is 6.08 Å². The Balaban J connectivity index is 1.91. The van der Waals surface area contributed by atoms with Gasteiger partial charge in [-0.05, 0) is 30.2 Å². The molecule has 1 aromatic carbocycles. The van der Waals surface area contributed by atoms with Crippen LogP contribution in [0.3, 0.4) is 0 Å². The monoisotopic (exact) mass is 305 g/mol. The number of benzene rings is 1. The predicted octanol–water partition coefficient (Wildman–Crippen LogP) is 3.08. The third-order valence-electron chi connectivity index (χ3n) is 3.28. The Morgan fingerprint density at radius 1 is 1.33 bits per heavy atom. The van der Waals surface area contributed by atoms with Crippen LogP contribution in [0.15, 0.2) is 24.5 Å². The van der Waals surface area contributed by atoms with Gasteiger partial charge in [-0.25, -0.2) is 4.98 Å². The Kier molecular flexibility index (Phi) is 3.47. The lowest BCUT2D eigenvalue weighted by molar-refractivity contribution is 0.543. The first kappa shape index (κ1) is 13.8. The molecule has 0 saturated carbocycles. The maximum absolute atomic E-state index is 13.5. The summed E-state index contributed by atoms with van der Waals surface area (Å²) >= 11 is 5.93. The lowest BCUT2D eigenvalue weighted by Gasteiger charge is -2.09. The van der Waals surface area contributed by atoms with E-state index in [-0.39, 0.29) is 0 Å². The number of rotatable bonds is 3. The van der Waals surface area contributed by atoms with Crippen molar-refractivity contribution in [3.8, 4) is 0 Å². The lowest BCUT2D eigenvalue weighted by Crippen LogP contribution is -2.06. The second kappa shape index (κ2) is 5.29. The molecule has 2 heterocycles. The summed E-state index contributed by atoms with van der Waals surface area (Å²) in [4.78, 5) is 11.7. The molecule has 0 atom stereocenters. The molecule has 0 amide bonds. The number of halogens is 2. The van der Waals surface area contributed by atoms with E-state index in [0.717, 1.165) is 11.1 Å². The molecule has 21 heavy (non-hydrogen) atoms. The Hall–Kier alpha value is -2.21. The van der Waals surface area contributed by atoms with Crippen molar-refractivity contribution in [2.75, 3.05) is 5.32 Å². The summed E-state index contributed by atoms with van der Waals surface area (Å²) in [5, 5.41) is 3.80. The van der Waals surface area contributed by atoms with Crippen LogP contribution in [0.1, 0.15) is 11.1 Å². The molecule has 0 bridgehead atoms. The molecule has 1 N–H and O–H groups in total. The highest BCUT2D eigenvalue weighted by atomic mass is 35.5. The number of aromatic nitrogens is 4. The average Bonchev–Trinajstić information content (AvgIpc) is 2.79. The van der Waals surface area contributed by atoms with Crippen LogP contribution in [0.5, 0.6) is 0 Å². The maximum atomic E-state index is 13.5. The van der Waals surface area contributed by atoms with Gasteiger partial charge in [-0.3, -0.25) is 0 Å². The molecule has 0 spiro atoms. The zero-order valence-electron chi connectivity index (χ0n) is 11.6. The molecule has 0 saturated heterocycles. The van der Waals surface area contributed by atoms with Gasteiger partial charge < -0.3 is 9.88 Å². The average molecular weight is 306 g/mol. The largest absolute Gasteiger partial charge is 0.364 e. The fourth-order valence-electron chi connectivity index (χ4n) is 2.14. The van der Waals surface area contributed by atoms with Gasteiger partial charge in [0.15, 0.2) is 17.0 Å². The Morgan fingerprint density at radius 3 is 2.90 bits per heavy atom. The number of hydrogen-bond acceptors (Lipinski definition) is 4. The standard InChI is InChI=1S/C14H13ClFN5/c1-8-5-10(15)4-3-9(8)6-17-12-11-13(20-14(16)19-12)21(2)7-18-11/h3-5,7H,6H2,1-2H3,(H,17,19,20). The normalized spacial score (nSPS) is 11.0. The number of anilines is 1. The van der Waals surface area contributed by atoms with Gasteiger partial charge in [0.05, 0.1) is 6.33 Å². The highest BCUT2D eigenvalue weighted by Gasteiger charge is 2.12. The first-order valence-electron chi connectivity index (χ1n) is 6.38. The lowest BCUT2D eigenvalue weighted by atomic mass is 10.1. The van der Waals surface area contributed by atoms with E-state index in [1.54, 1.807) is 17.9 Å². The van der Waals surface area contributed by atoms with Crippen molar-refractivity contribution in [3.63, 3.8) is 0 Å². The molecule has 5 nitrogen and oxygen atoms in total. The fourth-order valence-corrected chi connectivity index (χ4v) is 2.37. The van der Waals surface area contributed by atoms with Gasteiger partial charge in [-0.1, -0.05) is 17.7 Å². The van der Waals surface area contributed by atoms with Gasteiger partial charge in [0.2, 0.25) is 0 Å². The van der Waals surface area contributed by atoms with Crippen LogP contribution in [0, 0.1) is 13.0 Å². The Labute approximate surface area is 125 Å². The minimum absolute atomic E-state index is 0.382. The van der Waals surface area contributed by atoms with Crippen LogP contribution in [0.25, 0.3) is 11.2 Å².